The average molecular weight is 195 g/mol. The lowest BCUT2D eigenvalue weighted by atomic mass is 10.2. The third-order valence-corrected chi connectivity index (χ3v) is 1.88. The van der Waals surface area contributed by atoms with Crippen LogP contribution in [0.1, 0.15) is 6.42 Å². The van der Waals surface area contributed by atoms with Crippen molar-refractivity contribution in [1.29, 1.82) is 0 Å². The summed E-state index contributed by atoms with van der Waals surface area (Å²) in [7, 11) is 0. The highest BCUT2D eigenvalue weighted by atomic mass is 79.9. The maximum atomic E-state index is 10.4. The van der Waals surface area contributed by atoms with E-state index in [4.69, 9.17) is 5.11 Å². The quantitative estimate of drug-likeness (QED) is 0.475. The third-order valence-electron chi connectivity index (χ3n) is 1.24. The summed E-state index contributed by atoms with van der Waals surface area (Å²) in [5, 5.41) is 9.50. The summed E-state index contributed by atoms with van der Waals surface area (Å²) < 4.78 is 4.69. The zero-order chi connectivity index (χ0) is 6.85. The smallest absolute Gasteiger partial charge is 0.308 e. The standard InChI is InChI=1S/C5H7BrO3/c6-2-4-3(7)1-5(8)9-4/h3-4,7H,1-2H2. The Labute approximate surface area is 61.1 Å². The minimum absolute atomic E-state index is 0.135. The van der Waals surface area contributed by atoms with Crippen LogP contribution >= 0.6 is 15.9 Å². The van der Waals surface area contributed by atoms with Gasteiger partial charge < -0.3 is 9.84 Å². The Hall–Kier alpha value is -0.0900. The van der Waals surface area contributed by atoms with Crippen LogP contribution in [0.2, 0.25) is 0 Å². The highest BCUT2D eigenvalue weighted by Gasteiger charge is 2.31. The van der Waals surface area contributed by atoms with E-state index in [2.05, 4.69) is 20.7 Å². The number of rotatable bonds is 1. The number of cyclic esters (lactones) is 1. The van der Waals surface area contributed by atoms with Crippen molar-refractivity contribution in [3.8, 4) is 0 Å². The first kappa shape index (κ1) is 7.02. The molecule has 2 unspecified atom stereocenters. The molecular weight excluding hydrogens is 188 g/mol. The molecule has 0 aromatic heterocycles. The van der Waals surface area contributed by atoms with Crippen LogP contribution in [0.15, 0.2) is 0 Å². The number of halogens is 1. The molecule has 4 heteroatoms. The molecule has 0 aromatic carbocycles. The van der Waals surface area contributed by atoms with Gasteiger partial charge in [-0.25, -0.2) is 0 Å². The first-order chi connectivity index (χ1) is 4.24. The number of alkyl halides is 1. The number of aliphatic hydroxyl groups excluding tert-OH is 1. The van der Waals surface area contributed by atoms with E-state index in [0.717, 1.165) is 0 Å². The zero-order valence-electron chi connectivity index (χ0n) is 4.71. The second-order valence-electron chi connectivity index (χ2n) is 1.95. The van der Waals surface area contributed by atoms with Gasteiger partial charge in [0.05, 0.1) is 6.42 Å². The number of carbonyl (C=O) groups is 1. The Morgan fingerprint density at radius 3 is 2.78 bits per heavy atom. The Kier molecular flexibility index (Phi) is 2.08. The summed E-state index contributed by atoms with van der Waals surface area (Å²) in [6, 6.07) is 0. The molecule has 1 heterocycles. The highest BCUT2D eigenvalue weighted by molar-refractivity contribution is 9.09. The largest absolute Gasteiger partial charge is 0.459 e. The molecule has 1 aliphatic heterocycles. The first-order valence-electron chi connectivity index (χ1n) is 2.67. The van der Waals surface area contributed by atoms with Crippen LogP contribution in [0, 0.1) is 0 Å². The lowest BCUT2D eigenvalue weighted by molar-refractivity contribution is -0.140. The van der Waals surface area contributed by atoms with E-state index in [1.54, 1.807) is 0 Å². The number of carbonyl (C=O) groups excluding carboxylic acids is 1. The van der Waals surface area contributed by atoms with Crippen molar-refractivity contribution in [3.63, 3.8) is 0 Å². The molecule has 1 saturated heterocycles. The molecule has 1 fully saturated rings. The van der Waals surface area contributed by atoms with E-state index < -0.39 is 6.10 Å². The van der Waals surface area contributed by atoms with E-state index in [-0.39, 0.29) is 18.5 Å². The molecule has 1 aliphatic rings. The molecule has 0 spiro atoms. The van der Waals surface area contributed by atoms with E-state index in [9.17, 15) is 4.79 Å². The summed E-state index contributed by atoms with van der Waals surface area (Å²) in [4.78, 5) is 10.4. The van der Waals surface area contributed by atoms with Gasteiger partial charge in [0, 0.05) is 5.33 Å². The van der Waals surface area contributed by atoms with Gasteiger partial charge in [-0.2, -0.15) is 0 Å². The van der Waals surface area contributed by atoms with Crippen LogP contribution < -0.4 is 0 Å². The van der Waals surface area contributed by atoms with Crippen LogP contribution in [0.25, 0.3) is 0 Å². The van der Waals surface area contributed by atoms with Crippen molar-refractivity contribution >= 4 is 21.9 Å². The fourth-order valence-corrected chi connectivity index (χ4v) is 1.30. The summed E-state index contributed by atoms with van der Waals surface area (Å²) in [6.45, 7) is 0. The molecule has 0 aromatic rings. The highest BCUT2D eigenvalue weighted by Crippen LogP contribution is 2.15. The van der Waals surface area contributed by atoms with Crippen LogP contribution in [0.3, 0.4) is 0 Å². The maximum Gasteiger partial charge on any atom is 0.308 e. The topological polar surface area (TPSA) is 46.5 Å². The Balaban J connectivity index is 2.47. The molecule has 0 radical (unpaired) electrons. The lowest BCUT2D eigenvalue weighted by Crippen LogP contribution is -2.21. The fourth-order valence-electron chi connectivity index (χ4n) is 0.732. The minimum atomic E-state index is -0.614. The van der Waals surface area contributed by atoms with Crippen molar-refractivity contribution in [1.82, 2.24) is 0 Å². The van der Waals surface area contributed by atoms with E-state index >= 15 is 0 Å². The van der Waals surface area contributed by atoms with Gasteiger partial charge in [-0.3, -0.25) is 4.79 Å². The monoisotopic (exact) mass is 194 g/mol. The molecule has 9 heavy (non-hydrogen) atoms. The normalized spacial score (nSPS) is 34.7. The Morgan fingerprint density at radius 2 is 2.56 bits per heavy atom. The number of hydrogen-bond donors (Lipinski definition) is 1. The summed E-state index contributed by atoms with van der Waals surface area (Å²) in [6.07, 6.45) is -0.814. The molecule has 1 N–H and O–H groups in total. The summed E-state index contributed by atoms with van der Waals surface area (Å²) in [5.41, 5.74) is 0. The second-order valence-corrected chi connectivity index (χ2v) is 2.60. The van der Waals surface area contributed by atoms with Crippen molar-refractivity contribution in [3.05, 3.63) is 0 Å². The third kappa shape index (κ3) is 1.43. The Morgan fingerprint density at radius 1 is 1.89 bits per heavy atom. The van der Waals surface area contributed by atoms with Gasteiger partial charge in [0.25, 0.3) is 0 Å². The summed E-state index contributed by atoms with van der Waals surface area (Å²) in [5.74, 6) is -0.313. The van der Waals surface area contributed by atoms with Crippen LogP contribution in [-0.2, 0) is 9.53 Å². The molecule has 0 bridgehead atoms. The second kappa shape index (κ2) is 2.66. The zero-order valence-corrected chi connectivity index (χ0v) is 6.30. The number of aliphatic hydroxyl groups is 1. The van der Waals surface area contributed by atoms with Crippen molar-refractivity contribution < 1.29 is 14.6 Å². The van der Waals surface area contributed by atoms with Crippen LogP contribution in [-0.4, -0.2) is 28.6 Å². The summed E-state index contributed by atoms with van der Waals surface area (Å²) >= 11 is 3.11. The maximum absolute atomic E-state index is 10.4. The predicted molar refractivity (Wildman–Crippen MR) is 34.3 cm³/mol. The number of hydrogen-bond acceptors (Lipinski definition) is 3. The SMILES string of the molecule is O=C1CC(O)C(CBr)O1. The Bertz CT molecular complexity index is 125. The van der Waals surface area contributed by atoms with Gasteiger partial charge in [-0.1, -0.05) is 15.9 Å². The van der Waals surface area contributed by atoms with Crippen molar-refractivity contribution in [2.45, 2.75) is 18.6 Å². The molecule has 1 rings (SSSR count). The van der Waals surface area contributed by atoms with Crippen molar-refractivity contribution in [2.24, 2.45) is 0 Å². The van der Waals surface area contributed by atoms with E-state index in [0.29, 0.717) is 5.33 Å². The van der Waals surface area contributed by atoms with Crippen LogP contribution in [0.4, 0.5) is 0 Å². The van der Waals surface area contributed by atoms with E-state index in [1.807, 2.05) is 0 Å². The van der Waals surface area contributed by atoms with Gasteiger partial charge in [-0.05, 0) is 0 Å². The average Bonchev–Trinajstić information content (AvgIpc) is 2.10. The van der Waals surface area contributed by atoms with Gasteiger partial charge >= 0.3 is 5.97 Å². The van der Waals surface area contributed by atoms with Crippen molar-refractivity contribution in [2.75, 3.05) is 5.33 Å². The number of esters is 1. The van der Waals surface area contributed by atoms with Gasteiger partial charge in [-0.15, -0.1) is 0 Å². The van der Waals surface area contributed by atoms with E-state index in [1.165, 1.54) is 0 Å². The first-order valence-corrected chi connectivity index (χ1v) is 3.79. The molecule has 52 valence electrons. The van der Waals surface area contributed by atoms with Crippen LogP contribution in [0.5, 0.6) is 0 Å². The lowest BCUT2D eigenvalue weighted by Gasteiger charge is -2.06. The fraction of sp³-hybridized carbons (Fsp3) is 0.800. The molecule has 2 atom stereocenters. The van der Waals surface area contributed by atoms with Gasteiger partial charge in [0.2, 0.25) is 0 Å². The van der Waals surface area contributed by atoms with Gasteiger partial charge in [0.15, 0.2) is 0 Å². The van der Waals surface area contributed by atoms with Gasteiger partial charge in [0.1, 0.15) is 12.2 Å². The molecule has 0 aliphatic carbocycles. The minimum Gasteiger partial charge on any atom is -0.459 e. The molecule has 0 saturated carbocycles. The molecule has 3 nitrogen and oxygen atoms in total. The molecule has 0 amide bonds. The molecular formula is C5H7BrO3. The predicted octanol–water partition coefficient (Wildman–Crippen LogP) is 0.0577. The number of ether oxygens (including phenoxy) is 1.